The summed E-state index contributed by atoms with van der Waals surface area (Å²) in [6.07, 6.45) is 4.41. The van der Waals surface area contributed by atoms with Crippen molar-refractivity contribution < 1.29 is 14.3 Å². The van der Waals surface area contributed by atoms with E-state index in [4.69, 9.17) is 9.47 Å². The summed E-state index contributed by atoms with van der Waals surface area (Å²) in [5, 5.41) is 0. The van der Waals surface area contributed by atoms with E-state index < -0.39 is 0 Å². The van der Waals surface area contributed by atoms with Gasteiger partial charge in [0.2, 0.25) is 0 Å². The topological polar surface area (TPSA) is 35.5 Å². The van der Waals surface area contributed by atoms with Crippen LogP contribution >= 0.6 is 0 Å². The van der Waals surface area contributed by atoms with Crippen molar-refractivity contribution in [2.75, 3.05) is 7.11 Å². The average Bonchev–Trinajstić information content (AvgIpc) is 2.17. The molecule has 3 nitrogen and oxygen atoms in total. The highest BCUT2D eigenvalue weighted by molar-refractivity contribution is 5.72. The molecule has 14 heavy (non-hydrogen) atoms. The second kappa shape index (κ2) is 5.35. The van der Waals surface area contributed by atoms with E-state index in [0.29, 0.717) is 6.10 Å². The Labute approximate surface area is 85.8 Å². The second-order valence-corrected chi connectivity index (χ2v) is 4.18. The molecule has 0 aromatic rings. The lowest BCUT2D eigenvalue weighted by molar-refractivity contribution is -0.147. The number of rotatable bonds is 3. The molecular weight excluding hydrogens is 180 g/mol. The Kier molecular flexibility index (Phi) is 4.39. The summed E-state index contributed by atoms with van der Waals surface area (Å²) in [4.78, 5) is 11.2. The predicted octanol–water partition coefficient (Wildman–Crippen LogP) is 2.14. The monoisotopic (exact) mass is 200 g/mol. The van der Waals surface area contributed by atoms with Crippen LogP contribution in [0.5, 0.6) is 0 Å². The van der Waals surface area contributed by atoms with Crippen LogP contribution in [-0.4, -0.2) is 25.3 Å². The standard InChI is InChI=1S/C11H20O3/c1-8(2)14-10-6-4-9(5-7-10)11(12)13-3/h8-10H,4-7H2,1-3H3. The lowest BCUT2D eigenvalue weighted by atomic mass is 9.87. The van der Waals surface area contributed by atoms with Gasteiger partial charge in [0.15, 0.2) is 0 Å². The Bertz CT molecular complexity index is 181. The molecule has 0 aromatic heterocycles. The molecule has 0 unspecified atom stereocenters. The number of hydrogen-bond donors (Lipinski definition) is 0. The molecule has 0 spiro atoms. The number of hydrogen-bond acceptors (Lipinski definition) is 3. The second-order valence-electron chi connectivity index (χ2n) is 4.18. The van der Waals surface area contributed by atoms with Crippen molar-refractivity contribution >= 4 is 5.97 Å². The maximum Gasteiger partial charge on any atom is 0.308 e. The van der Waals surface area contributed by atoms with Crippen molar-refractivity contribution in [3.63, 3.8) is 0 Å². The van der Waals surface area contributed by atoms with E-state index in [0.717, 1.165) is 25.7 Å². The zero-order valence-electron chi connectivity index (χ0n) is 9.29. The SMILES string of the molecule is COC(=O)C1CCC(OC(C)C)CC1. The van der Waals surface area contributed by atoms with Gasteiger partial charge in [-0.3, -0.25) is 4.79 Å². The Morgan fingerprint density at radius 1 is 1.21 bits per heavy atom. The van der Waals surface area contributed by atoms with Gasteiger partial charge in [0.25, 0.3) is 0 Å². The van der Waals surface area contributed by atoms with Crippen molar-refractivity contribution in [1.29, 1.82) is 0 Å². The first-order valence-electron chi connectivity index (χ1n) is 5.36. The van der Waals surface area contributed by atoms with E-state index in [2.05, 4.69) is 0 Å². The maximum atomic E-state index is 11.2. The summed E-state index contributed by atoms with van der Waals surface area (Å²) in [6.45, 7) is 4.10. The fraction of sp³-hybridized carbons (Fsp3) is 0.909. The van der Waals surface area contributed by atoms with Gasteiger partial charge in [0.05, 0.1) is 25.2 Å². The van der Waals surface area contributed by atoms with Crippen molar-refractivity contribution in [3.8, 4) is 0 Å². The van der Waals surface area contributed by atoms with Crippen molar-refractivity contribution in [3.05, 3.63) is 0 Å². The third-order valence-electron chi connectivity index (χ3n) is 2.67. The minimum atomic E-state index is -0.0620. The number of ether oxygens (including phenoxy) is 2. The molecule has 0 aliphatic heterocycles. The van der Waals surface area contributed by atoms with Crippen molar-refractivity contribution in [2.24, 2.45) is 5.92 Å². The Hall–Kier alpha value is -0.570. The van der Waals surface area contributed by atoms with Gasteiger partial charge in [-0.05, 0) is 39.5 Å². The smallest absolute Gasteiger partial charge is 0.308 e. The van der Waals surface area contributed by atoms with Crippen LogP contribution in [-0.2, 0) is 14.3 Å². The third-order valence-corrected chi connectivity index (χ3v) is 2.67. The van der Waals surface area contributed by atoms with E-state index >= 15 is 0 Å². The fourth-order valence-electron chi connectivity index (χ4n) is 1.99. The van der Waals surface area contributed by atoms with E-state index in [-0.39, 0.29) is 18.0 Å². The molecular formula is C11H20O3. The quantitative estimate of drug-likeness (QED) is 0.655. The average molecular weight is 200 g/mol. The number of methoxy groups -OCH3 is 1. The molecule has 0 radical (unpaired) electrons. The van der Waals surface area contributed by atoms with Gasteiger partial charge in [0.1, 0.15) is 0 Å². The van der Waals surface area contributed by atoms with E-state index in [1.165, 1.54) is 7.11 Å². The van der Waals surface area contributed by atoms with Crippen LogP contribution in [0.15, 0.2) is 0 Å². The molecule has 0 atom stereocenters. The van der Waals surface area contributed by atoms with Crippen LogP contribution in [0.3, 0.4) is 0 Å². The summed E-state index contributed by atoms with van der Waals surface area (Å²) >= 11 is 0. The van der Waals surface area contributed by atoms with Gasteiger partial charge in [-0.15, -0.1) is 0 Å². The van der Waals surface area contributed by atoms with Crippen molar-refractivity contribution in [1.82, 2.24) is 0 Å². The van der Waals surface area contributed by atoms with Crippen LogP contribution in [0, 0.1) is 5.92 Å². The molecule has 1 rings (SSSR count). The molecule has 1 saturated carbocycles. The highest BCUT2D eigenvalue weighted by atomic mass is 16.5. The summed E-state index contributed by atoms with van der Waals surface area (Å²) < 4.78 is 10.4. The molecule has 3 heteroatoms. The van der Waals surface area contributed by atoms with E-state index in [1.807, 2.05) is 13.8 Å². The fourth-order valence-corrected chi connectivity index (χ4v) is 1.99. The Morgan fingerprint density at radius 2 is 1.79 bits per heavy atom. The van der Waals surface area contributed by atoms with Gasteiger partial charge in [-0.2, -0.15) is 0 Å². The molecule has 0 N–H and O–H groups in total. The number of esters is 1. The molecule has 0 amide bonds. The number of carbonyl (C=O) groups excluding carboxylic acids is 1. The normalized spacial score (nSPS) is 27.7. The van der Waals surface area contributed by atoms with Gasteiger partial charge in [-0.25, -0.2) is 0 Å². The maximum absolute atomic E-state index is 11.2. The first-order chi connectivity index (χ1) is 6.63. The van der Waals surface area contributed by atoms with Crippen LogP contribution in [0.2, 0.25) is 0 Å². The van der Waals surface area contributed by atoms with Crippen LogP contribution < -0.4 is 0 Å². The lowest BCUT2D eigenvalue weighted by Crippen LogP contribution is -2.28. The molecule has 1 aliphatic carbocycles. The zero-order valence-corrected chi connectivity index (χ0v) is 9.29. The summed E-state index contributed by atoms with van der Waals surface area (Å²) in [5.74, 6) is 0.0417. The molecule has 0 bridgehead atoms. The van der Waals surface area contributed by atoms with Crippen LogP contribution in [0.1, 0.15) is 39.5 Å². The molecule has 0 aromatic carbocycles. The minimum absolute atomic E-state index is 0.0620. The largest absolute Gasteiger partial charge is 0.469 e. The first-order valence-corrected chi connectivity index (χ1v) is 5.36. The molecule has 1 fully saturated rings. The Balaban J connectivity index is 2.27. The van der Waals surface area contributed by atoms with Gasteiger partial charge < -0.3 is 9.47 Å². The third kappa shape index (κ3) is 3.29. The summed E-state index contributed by atoms with van der Waals surface area (Å²) in [5.41, 5.74) is 0. The van der Waals surface area contributed by atoms with Crippen molar-refractivity contribution in [2.45, 2.75) is 51.7 Å². The summed E-state index contributed by atoms with van der Waals surface area (Å²) in [6, 6.07) is 0. The van der Waals surface area contributed by atoms with Gasteiger partial charge in [0, 0.05) is 0 Å². The first kappa shape index (κ1) is 11.5. The lowest BCUT2D eigenvalue weighted by Gasteiger charge is -2.28. The highest BCUT2D eigenvalue weighted by Crippen LogP contribution is 2.27. The number of carbonyl (C=O) groups is 1. The molecule has 0 saturated heterocycles. The van der Waals surface area contributed by atoms with Gasteiger partial charge in [-0.1, -0.05) is 0 Å². The van der Waals surface area contributed by atoms with Crippen LogP contribution in [0.4, 0.5) is 0 Å². The minimum Gasteiger partial charge on any atom is -0.469 e. The molecule has 0 heterocycles. The highest BCUT2D eigenvalue weighted by Gasteiger charge is 2.27. The summed E-state index contributed by atoms with van der Waals surface area (Å²) in [7, 11) is 1.46. The van der Waals surface area contributed by atoms with Crippen LogP contribution in [0.25, 0.3) is 0 Å². The van der Waals surface area contributed by atoms with E-state index in [9.17, 15) is 4.79 Å². The molecule has 1 aliphatic rings. The Morgan fingerprint density at radius 3 is 2.21 bits per heavy atom. The predicted molar refractivity (Wildman–Crippen MR) is 54.0 cm³/mol. The molecule has 82 valence electrons. The van der Waals surface area contributed by atoms with Gasteiger partial charge >= 0.3 is 5.97 Å². The zero-order chi connectivity index (χ0) is 10.6. The van der Waals surface area contributed by atoms with E-state index in [1.54, 1.807) is 0 Å².